The zero-order chi connectivity index (χ0) is 18.3. The van der Waals surface area contributed by atoms with Crippen LogP contribution in [-0.2, 0) is 0 Å². The number of hydrogen-bond donors (Lipinski definition) is 2. The minimum atomic E-state index is -0.632. The lowest BCUT2D eigenvalue weighted by Gasteiger charge is -2.39. The standard InChI is InChI=1S/C19H25ClN4O2/c20-12-10-15(18(21)25)17-16(11-12)22-24(19(17)26)14-6-8-23(9-7-14)13-4-2-1-3-5-13/h10-11,13-14,22H,1-9H2,(H2,21,25). The molecule has 1 aromatic carbocycles. The van der Waals surface area contributed by atoms with Crippen LogP contribution in [0.2, 0.25) is 5.02 Å². The topological polar surface area (TPSA) is 84.1 Å². The summed E-state index contributed by atoms with van der Waals surface area (Å²) in [5.74, 6) is -0.632. The molecular weight excluding hydrogens is 352 g/mol. The maximum absolute atomic E-state index is 12.9. The molecular formula is C19H25ClN4O2. The van der Waals surface area contributed by atoms with E-state index in [-0.39, 0.29) is 17.2 Å². The molecule has 1 aromatic heterocycles. The number of aromatic nitrogens is 2. The summed E-state index contributed by atoms with van der Waals surface area (Å²) < 4.78 is 1.67. The first kappa shape index (κ1) is 17.6. The number of fused-ring (bicyclic) bond motifs is 1. The highest BCUT2D eigenvalue weighted by molar-refractivity contribution is 6.32. The van der Waals surface area contributed by atoms with Crippen molar-refractivity contribution in [1.29, 1.82) is 0 Å². The van der Waals surface area contributed by atoms with Crippen molar-refractivity contribution in [3.05, 3.63) is 33.1 Å². The van der Waals surface area contributed by atoms with E-state index in [0.717, 1.165) is 25.9 Å². The number of H-pyrrole nitrogens is 1. The van der Waals surface area contributed by atoms with Crippen LogP contribution in [0.1, 0.15) is 61.3 Å². The molecule has 3 N–H and O–H groups in total. The van der Waals surface area contributed by atoms with Gasteiger partial charge in [0, 0.05) is 24.2 Å². The third kappa shape index (κ3) is 3.16. The van der Waals surface area contributed by atoms with Crippen molar-refractivity contribution in [3.63, 3.8) is 0 Å². The molecule has 2 aromatic rings. The number of amides is 1. The zero-order valence-electron chi connectivity index (χ0n) is 14.8. The molecule has 1 aliphatic heterocycles. The minimum Gasteiger partial charge on any atom is -0.366 e. The van der Waals surface area contributed by atoms with Gasteiger partial charge < -0.3 is 10.6 Å². The van der Waals surface area contributed by atoms with Gasteiger partial charge in [-0.25, -0.2) is 4.68 Å². The molecule has 7 heteroatoms. The van der Waals surface area contributed by atoms with Crippen LogP contribution in [0.15, 0.2) is 16.9 Å². The molecule has 1 amide bonds. The summed E-state index contributed by atoms with van der Waals surface area (Å²) in [5, 5.41) is 3.90. The number of primary amides is 1. The van der Waals surface area contributed by atoms with Gasteiger partial charge in [-0.2, -0.15) is 0 Å². The molecule has 0 bridgehead atoms. The molecule has 2 heterocycles. The number of nitrogens with zero attached hydrogens (tertiary/aromatic N) is 2. The van der Waals surface area contributed by atoms with Crippen LogP contribution in [0, 0.1) is 0 Å². The summed E-state index contributed by atoms with van der Waals surface area (Å²) >= 11 is 6.07. The van der Waals surface area contributed by atoms with Gasteiger partial charge in [0.2, 0.25) is 5.91 Å². The number of carbonyl (C=O) groups excluding carboxylic acids is 1. The third-order valence-electron chi connectivity index (χ3n) is 6.00. The van der Waals surface area contributed by atoms with Crippen molar-refractivity contribution in [1.82, 2.24) is 14.7 Å². The molecule has 0 radical (unpaired) electrons. The van der Waals surface area contributed by atoms with E-state index in [2.05, 4.69) is 10.00 Å². The van der Waals surface area contributed by atoms with E-state index in [9.17, 15) is 9.59 Å². The second-order valence-electron chi connectivity index (χ2n) is 7.59. The molecule has 1 saturated carbocycles. The minimum absolute atomic E-state index is 0.120. The van der Waals surface area contributed by atoms with Crippen molar-refractivity contribution in [2.45, 2.75) is 57.0 Å². The van der Waals surface area contributed by atoms with E-state index in [4.69, 9.17) is 17.3 Å². The predicted octanol–water partition coefficient (Wildman–Crippen LogP) is 3.05. The molecule has 0 atom stereocenters. The molecule has 140 valence electrons. The van der Waals surface area contributed by atoms with Crippen molar-refractivity contribution >= 4 is 28.4 Å². The molecule has 0 spiro atoms. The van der Waals surface area contributed by atoms with E-state index < -0.39 is 5.91 Å². The molecule has 2 fully saturated rings. The van der Waals surface area contributed by atoms with Gasteiger partial charge in [-0.3, -0.25) is 14.7 Å². The Bertz CT molecular complexity index is 874. The Kier molecular flexibility index (Phi) is 4.80. The van der Waals surface area contributed by atoms with Crippen molar-refractivity contribution in [2.24, 2.45) is 5.73 Å². The van der Waals surface area contributed by atoms with E-state index in [1.807, 2.05) is 0 Å². The number of hydrogen-bond acceptors (Lipinski definition) is 3. The smallest absolute Gasteiger partial charge is 0.275 e. The van der Waals surface area contributed by atoms with Crippen LogP contribution in [0.4, 0.5) is 0 Å². The second kappa shape index (κ2) is 7.08. The average Bonchev–Trinajstić information content (AvgIpc) is 2.98. The average molecular weight is 377 g/mol. The van der Waals surface area contributed by atoms with Gasteiger partial charge in [0.15, 0.2) is 0 Å². The van der Waals surface area contributed by atoms with Crippen LogP contribution >= 0.6 is 11.6 Å². The SMILES string of the molecule is NC(=O)c1cc(Cl)cc2[nH]n(C3CCN(C4CCCCC4)CC3)c(=O)c12. The summed E-state index contributed by atoms with van der Waals surface area (Å²) in [6.07, 6.45) is 8.51. The fraction of sp³-hybridized carbons (Fsp3) is 0.579. The molecule has 4 rings (SSSR count). The van der Waals surface area contributed by atoms with E-state index in [0.29, 0.717) is 22.0 Å². The van der Waals surface area contributed by atoms with Crippen LogP contribution in [0.3, 0.4) is 0 Å². The Morgan fingerprint density at radius 1 is 1.08 bits per heavy atom. The number of aromatic amines is 1. The lowest BCUT2D eigenvalue weighted by molar-refractivity contribution is 0.100. The first-order chi connectivity index (χ1) is 12.5. The Balaban J connectivity index is 1.58. The van der Waals surface area contributed by atoms with Gasteiger partial charge in [0.25, 0.3) is 5.56 Å². The maximum Gasteiger partial charge on any atom is 0.275 e. The van der Waals surface area contributed by atoms with Crippen LogP contribution in [0.25, 0.3) is 10.9 Å². The second-order valence-corrected chi connectivity index (χ2v) is 8.02. The largest absolute Gasteiger partial charge is 0.366 e. The molecule has 6 nitrogen and oxygen atoms in total. The number of rotatable bonds is 3. The third-order valence-corrected chi connectivity index (χ3v) is 6.22. The van der Waals surface area contributed by atoms with Gasteiger partial charge in [-0.15, -0.1) is 0 Å². The van der Waals surface area contributed by atoms with Gasteiger partial charge in [-0.1, -0.05) is 30.9 Å². The fourth-order valence-electron chi connectivity index (χ4n) is 4.63. The van der Waals surface area contributed by atoms with E-state index >= 15 is 0 Å². The number of piperidine rings is 1. The highest BCUT2D eigenvalue weighted by Crippen LogP contribution is 2.29. The quantitative estimate of drug-likeness (QED) is 0.863. The summed E-state index contributed by atoms with van der Waals surface area (Å²) in [5.41, 5.74) is 6.02. The van der Waals surface area contributed by atoms with Crippen LogP contribution in [0.5, 0.6) is 0 Å². The summed E-state index contributed by atoms with van der Waals surface area (Å²) in [4.78, 5) is 27.2. The molecule has 2 aliphatic rings. The number of nitrogens with one attached hydrogen (secondary N) is 1. The Morgan fingerprint density at radius 2 is 1.77 bits per heavy atom. The predicted molar refractivity (Wildman–Crippen MR) is 103 cm³/mol. The normalized spacial score (nSPS) is 20.7. The summed E-state index contributed by atoms with van der Waals surface area (Å²) in [6, 6.07) is 3.98. The Morgan fingerprint density at radius 3 is 2.42 bits per heavy atom. The Hall–Kier alpha value is -1.79. The molecule has 26 heavy (non-hydrogen) atoms. The van der Waals surface area contributed by atoms with Gasteiger partial charge in [0.1, 0.15) is 0 Å². The van der Waals surface area contributed by atoms with Gasteiger partial charge in [-0.05, 0) is 37.8 Å². The number of likely N-dealkylation sites (tertiary alicyclic amines) is 1. The number of benzene rings is 1. The van der Waals surface area contributed by atoms with Crippen LogP contribution in [-0.4, -0.2) is 39.7 Å². The van der Waals surface area contributed by atoms with Gasteiger partial charge in [0.05, 0.1) is 22.5 Å². The number of carbonyl (C=O) groups is 1. The van der Waals surface area contributed by atoms with E-state index in [1.54, 1.807) is 10.7 Å². The molecule has 1 saturated heterocycles. The molecule has 0 unspecified atom stereocenters. The number of halogens is 1. The van der Waals surface area contributed by atoms with E-state index in [1.165, 1.54) is 38.2 Å². The Labute approximate surface area is 157 Å². The monoisotopic (exact) mass is 376 g/mol. The highest BCUT2D eigenvalue weighted by atomic mass is 35.5. The number of nitrogens with two attached hydrogens (primary N) is 1. The first-order valence-corrected chi connectivity index (χ1v) is 9.90. The van der Waals surface area contributed by atoms with Crippen LogP contribution < -0.4 is 11.3 Å². The highest BCUT2D eigenvalue weighted by Gasteiger charge is 2.28. The summed E-state index contributed by atoms with van der Waals surface area (Å²) in [7, 11) is 0. The summed E-state index contributed by atoms with van der Waals surface area (Å²) in [6.45, 7) is 2.03. The van der Waals surface area contributed by atoms with Gasteiger partial charge >= 0.3 is 0 Å². The lowest BCUT2D eigenvalue weighted by atomic mass is 9.92. The van der Waals surface area contributed by atoms with Crippen molar-refractivity contribution < 1.29 is 4.79 Å². The zero-order valence-corrected chi connectivity index (χ0v) is 15.6. The van der Waals surface area contributed by atoms with Crippen molar-refractivity contribution in [2.75, 3.05) is 13.1 Å². The first-order valence-electron chi connectivity index (χ1n) is 9.52. The fourth-order valence-corrected chi connectivity index (χ4v) is 4.85. The van der Waals surface area contributed by atoms with Crippen molar-refractivity contribution in [3.8, 4) is 0 Å². The molecule has 1 aliphatic carbocycles. The lowest BCUT2D eigenvalue weighted by Crippen LogP contribution is -2.43. The maximum atomic E-state index is 12.9.